The molecule has 3 atom stereocenters. The van der Waals surface area contributed by atoms with Gasteiger partial charge in [-0.3, -0.25) is 4.79 Å². The summed E-state index contributed by atoms with van der Waals surface area (Å²) in [6.07, 6.45) is 5.18. The van der Waals surface area contributed by atoms with E-state index in [4.69, 9.17) is 0 Å². The molecule has 1 aliphatic rings. The number of hydrogen-bond donors (Lipinski definition) is 1. The van der Waals surface area contributed by atoms with Crippen molar-refractivity contribution in [2.45, 2.75) is 30.3 Å². The van der Waals surface area contributed by atoms with Gasteiger partial charge in [-0.05, 0) is 48.5 Å². The Kier molecular flexibility index (Phi) is 6.22. The van der Waals surface area contributed by atoms with Crippen molar-refractivity contribution in [3.63, 3.8) is 0 Å². The number of pyridine rings is 1. The number of rotatable bonds is 6. The van der Waals surface area contributed by atoms with Crippen LogP contribution in [0.3, 0.4) is 0 Å². The lowest BCUT2D eigenvalue weighted by molar-refractivity contribution is -0.126. The van der Waals surface area contributed by atoms with Crippen LogP contribution in [0.1, 0.15) is 30.1 Å². The smallest absolute Gasteiger partial charge is 0.224 e. The number of nitrogens with zero attached hydrogens (tertiary/aromatic N) is 3. The Labute approximate surface area is 200 Å². The Hall–Kier alpha value is -3.42. The number of carbonyl (C=O) groups excluding carboxylic acids is 1. The van der Waals surface area contributed by atoms with Gasteiger partial charge in [0.15, 0.2) is 0 Å². The molecule has 0 radical (unpaired) electrons. The first-order valence-electron chi connectivity index (χ1n) is 11.5. The number of nitrogens with one attached hydrogen (secondary N) is 1. The molecule has 3 heterocycles. The summed E-state index contributed by atoms with van der Waals surface area (Å²) < 4.78 is 18.0. The summed E-state index contributed by atoms with van der Waals surface area (Å²) >= 11 is 0. The van der Waals surface area contributed by atoms with Gasteiger partial charge in [-0.25, -0.2) is 13.5 Å². The lowest BCUT2D eigenvalue weighted by Gasteiger charge is -2.41. The van der Waals surface area contributed by atoms with Crippen molar-refractivity contribution in [3.8, 4) is 0 Å². The molecule has 174 valence electrons. The zero-order valence-corrected chi connectivity index (χ0v) is 19.7. The molecule has 5 rings (SSSR count). The van der Waals surface area contributed by atoms with Gasteiger partial charge >= 0.3 is 0 Å². The van der Waals surface area contributed by atoms with Gasteiger partial charge in [-0.15, -0.1) is 0 Å². The van der Waals surface area contributed by atoms with Gasteiger partial charge in [0.2, 0.25) is 5.91 Å². The zero-order valence-electron chi connectivity index (χ0n) is 18.9. The molecule has 4 aromatic rings. The number of carbonyl (C=O) groups is 1. The first-order valence-corrected chi connectivity index (χ1v) is 13.1. The lowest BCUT2D eigenvalue weighted by Crippen LogP contribution is -2.46. The molecule has 34 heavy (non-hydrogen) atoms. The van der Waals surface area contributed by atoms with E-state index in [0.29, 0.717) is 18.0 Å². The molecule has 0 bridgehead atoms. The second-order valence-corrected chi connectivity index (χ2v) is 10.9. The Morgan fingerprint density at radius 1 is 1.00 bits per heavy atom. The molecule has 1 N–H and O–H groups in total. The normalized spacial score (nSPS) is 20.6. The van der Waals surface area contributed by atoms with Crippen LogP contribution in [0.15, 0.2) is 96.2 Å². The third-order valence-electron chi connectivity index (χ3n) is 6.52. The molecular weight excluding hydrogens is 444 g/mol. The number of imidazole rings is 1. The van der Waals surface area contributed by atoms with Crippen LogP contribution >= 0.6 is 0 Å². The molecular formula is C27H28N4O2S. The Balaban J connectivity index is 1.37. The van der Waals surface area contributed by atoms with Crippen LogP contribution in [0.25, 0.3) is 5.65 Å². The highest BCUT2D eigenvalue weighted by molar-refractivity contribution is 7.98. The quantitative estimate of drug-likeness (QED) is 0.430. The minimum Gasteiger partial charge on any atom is -0.350 e. The summed E-state index contributed by atoms with van der Waals surface area (Å²) in [7, 11) is -2.77. The predicted molar refractivity (Wildman–Crippen MR) is 136 cm³/mol. The predicted octanol–water partition coefficient (Wildman–Crippen LogP) is 4.09. The van der Waals surface area contributed by atoms with Gasteiger partial charge in [0.05, 0.1) is 34.1 Å². The molecule has 1 saturated heterocycles. The SMILES string of the molecule is C=S(=O)(c1ccccc1)N1CC(C(=O)NCc2cnc3ccccn23)CCC1c1ccccc1. The average Bonchev–Trinajstić information content (AvgIpc) is 3.31. The van der Waals surface area contributed by atoms with Crippen molar-refractivity contribution in [2.75, 3.05) is 6.54 Å². The number of benzene rings is 2. The zero-order chi connectivity index (χ0) is 23.5. The van der Waals surface area contributed by atoms with Crippen molar-refractivity contribution >= 4 is 27.1 Å². The fourth-order valence-corrected chi connectivity index (χ4v) is 6.61. The van der Waals surface area contributed by atoms with Gasteiger partial charge in [0.1, 0.15) is 5.65 Å². The number of fused-ring (bicyclic) bond motifs is 1. The van der Waals surface area contributed by atoms with Crippen molar-refractivity contribution in [2.24, 2.45) is 5.92 Å². The van der Waals surface area contributed by atoms with Gasteiger partial charge < -0.3 is 9.72 Å². The monoisotopic (exact) mass is 472 g/mol. The Bertz CT molecular complexity index is 1380. The molecule has 2 aromatic heterocycles. The summed E-state index contributed by atoms with van der Waals surface area (Å²) in [6.45, 7) is 0.775. The van der Waals surface area contributed by atoms with E-state index in [1.54, 1.807) is 6.20 Å². The highest BCUT2D eigenvalue weighted by Gasteiger charge is 2.37. The van der Waals surface area contributed by atoms with Crippen molar-refractivity contribution in [3.05, 3.63) is 103 Å². The van der Waals surface area contributed by atoms with Crippen LogP contribution in [0, 0.1) is 5.92 Å². The van der Waals surface area contributed by atoms with Gasteiger partial charge in [-0.2, -0.15) is 0 Å². The lowest BCUT2D eigenvalue weighted by atomic mass is 9.90. The molecule has 1 amide bonds. The number of amides is 1. The molecule has 1 aliphatic heterocycles. The molecule has 2 aromatic carbocycles. The summed E-state index contributed by atoms with van der Waals surface area (Å²) in [5.41, 5.74) is 2.87. The first kappa shape index (κ1) is 22.4. The topological polar surface area (TPSA) is 66.7 Å². The van der Waals surface area contributed by atoms with Gasteiger partial charge in [-0.1, -0.05) is 54.6 Å². The molecule has 3 unspecified atom stereocenters. The van der Waals surface area contributed by atoms with Crippen LogP contribution < -0.4 is 5.32 Å². The fraction of sp³-hybridized carbons (Fsp3) is 0.222. The second kappa shape index (κ2) is 9.44. The highest BCUT2D eigenvalue weighted by atomic mass is 32.2. The number of hydrogen-bond acceptors (Lipinski definition) is 3. The van der Waals surface area contributed by atoms with Crippen LogP contribution in [-0.2, 0) is 21.0 Å². The minimum absolute atomic E-state index is 0.0364. The highest BCUT2D eigenvalue weighted by Crippen LogP contribution is 2.37. The molecule has 1 fully saturated rings. The van der Waals surface area contributed by atoms with Gasteiger partial charge in [0.25, 0.3) is 0 Å². The molecule has 0 aliphatic carbocycles. The minimum atomic E-state index is -2.77. The van der Waals surface area contributed by atoms with E-state index in [9.17, 15) is 9.00 Å². The molecule has 6 nitrogen and oxygen atoms in total. The standard InChI is InChI=1S/C27H28N4O2S/c1-34(33,24-12-6-3-7-13-24)31-20-22(15-16-25(31)21-10-4-2-5-11-21)27(32)29-19-23-18-28-26-14-8-9-17-30(23)26/h2-14,17-18,22,25H,1,15-16,19-20H2,(H,29,32). The Morgan fingerprint density at radius 3 is 2.47 bits per heavy atom. The summed E-state index contributed by atoms with van der Waals surface area (Å²) in [5, 5.41) is 3.07. The molecule has 0 saturated carbocycles. The van der Waals surface area contributed by atoms with Crippen molar-refractivity contribution < 1.29 is 9.00 Å². The third-order valence-corrected chi connectivity index (χ3v) is 8.69. The maximum absolute atomic E-state index is 14.1. The van der Waals surface area contributed by atoms with E-state index in [1.807, 2.05) is 81.6 Å². The maximum Gasteiger partial charge on any atom is 0.224 e. The van der Waals surface area contributed by atoms with E-state index >= 15 is 0 Å². The van der Waals surface area contributed by atoms with Crippen molar-refractivity contribution in [1.82, 2.24) is 19.0 Å². The maximum atomic E-state index is 14.1. The van der Waals surface area contributed by atoms with Crippen LogP contribution in [0.5, 0.6) is 0 Å². The van der Waals surface area contributed by atoms with E-state index in [2.05, 4.69) is 28.3 Å². The number of aromatic nitrogens is 2. The average molecular weight is 473 g/mol. The summed E-state index contributed by atoms with van der Waals surface area (Å²) in [6, 6.07) is 25.2. The van der Waals surface area contributed by atoms with Crippen molar-refractivity contribution in [1.29, 1.82) is 0 Å². The third kappa shape index (κ3) is 4.36. The molecule has 7 heteroatoms. The Morgan fingerprint density at radius 2 is 1.71 bits per heavy atom. The van der Waals surface area contributed by atoms with Crippen LogP contribution in [-0.4, -0.2) is 36.2 Å². The number of piperidine rings is 1. The van der Waals surface area contributed by atoms with E-state index in [-0.39, 0.29) is 17.9 Å². The fourth-order valence-electron chi connectivity index (χ4n) is 4.69. The van der Waals surface area contributed by atoms with Gasteiger partial charge in [0, 0.05) is 23.7 Å². The van der Waals surface area contributed by atoms with Crippen LogP contribution in [0.2, 0.25) is 0 Å². The summed E-state index contributed by atoms with van der Waals surface area (Å²) in [4.78, 5) is 18.3. The van der Waals surface area contributed by atoms with E-state index in [0.717, 1.165) is 29.7 Å². The summed E-state index contributed by atoms with van der Waals surface area (Å²) in [5.74, 6) is 3.86. The molecule has 0 spiro atoms. The van der Waals surface area contributed by atoms with E-state index in [1.165, 1.54) is 0 Å². The first-order chi connectivity index (χ1) is 16.5. The van der Waals surface area contributed by atoms with Crippen LogP contribution in [0.4, 0.5) is 0 Å². The van der Waals surface area contributed by atoms with E-state index < -0.39 is 9.71 Å². The second-order valence-electron chi connectivity index (χ2n) is 8.65. The largest absolute Gasteiger partial charge is 0.350 e.